The lowest BCUT2D eigenvalue weighted by molar-refractivity contribution is -0.143. The number of urea groups is 1. The monoisotopic (exact) mass is 282 g/mol. The molecule has 0 radical (unpaired) electrons. The van der Waals surface area contributed by atoms with Crippen molar-refractivity contribution in [2.45, 2.75) is 57.9 Å². The van der Waals surface area contributed by atoms with Gasteiger partial charge in [0.2, 0.25) is 0 Å². The Bertz CT molecular complexity index is 359. The minimum atomic E-state index is -0.786. The number of nitrogens with one attached hydrogen (secondary N) is 1. The summed E-state index contributed by atoms with van der Waals surface area (Å²) in [6.45, 7) is 3.24. The van der Waals surface area contributed by atoms with Crippen LogP contribution in [0.5, 0.6) is 0 Å². The standard InChI is InChI=1S/C15H26N2O3/c1-2-11-5-3-7-13(9-11)16-15(20)17-8-4-6-12(10-17)14(18)19/h11-13H,2-10H2,1H3,(H,16,20)(H,18,19)/t11?,12-,13?/m1/s1. The van der Waals surface area contributed by atoms with Gasteiger partial charge in [-0.2, -0.15) is 0 Å². The minimum absolute atomic E-state index is 0.0716. The third-order valence-corrected chi connectivity index (χ3v) is 4.75. The molecular weight excluding hydrogens is 256 g/mol. The first-order valence-electron chi connectivity index (χ1n) is 7.88. The van der Waals surface area contributed by atoms with E-state index in [0.29, 0.717) is 19.5 Å². The smallest absolute Gasteiger partial charge is 0.317 e. The number of carbonyl (C=O) groups is 2. The van der Waals surface area contributed by atoms with Crippen molar-refractivity contribution in [2.75, 3.05) is 13.1 Å². The van der Waals surface area contributed by atoms with Crippen LogP contribution in [0.15, 0.2) is 0 Å². The molecular formula is C15H26N2O3. The molecule has 0 aromatic carbocycles. The highest BCUT2D eigenvalue weighted by Gasteiger charge is 2.30. The number of carboxylic acids is 1. The van der Waals surface area contributed by atoms with Gasteiger partial charge >= 0.3 is 12.0 Å². The van der Waals surface area contributed by atoms with Gasteiger partial charge in [-0.25, -0.2) is 4.79 Å². The van der Waals surface area contributed by atoms with Gasteiger partial charge in [-0.05, 0) is 31.6 Å². The molecule has 5 heteroatoms. The van der Waals surface area contributed by atoms with Gasteiger partial charge in [0.15, 0.2) is 0 Å². The molecule has 1 heterocycles. The normalized spacial score (nSPS) is 30.9. The van der Waals surface area contributed by atoms with Crippen LogP contribution in [0.25, 0.3) is 0 Å². The first kappa shape index (κ1) is 15.1. The molecule has 0 spiro atoms. The van der Waals surface area contributed by atoms with Gasteiger partial charge in [0.1, 0.15) is 0 Å². The van der Waals surface area contributed by atoms with Crippen LogP contribution < -0.4 is 5.32 Å². The predicted molar refractivity (Wildman–Crippen MR) is 76.5 cm³/mol. The maximum atomic E-state index is 12.3. The van der Waals surface area contributed by atoms with E-state index in [4.69, 9.17) is 5.11 Å². The second kappa shape index (κ2) is 6.95. The Kier molecular flexibility index (Phi) is 5.26. The molecule has 0 aromatic rings. The average molecular weight is 282 g/mol. The SMILES string of the molecule is CCC1CCCC(NC(=O)N2CCC[C@@H](C(=O)O)C2)C1. The molecule has 5 nitrogen and oxygen atoms in total. The van der Waals surface area contributed by atoms with E-state index < -0.39 is 11.9 Å². The van der Waals surface area contributed by atoms with Crippen LogP contribution in [0.2, 0.25) is 0 Å². The summed E-state index contributed by atoms with van der Waals surface area (Å²) in [5.41, 5.74) is 0. The number of nitrogens with zero attached hydrogens (tertiary/aromatic N) is 1. The summed E-state index contributed by atoms with van der Waals surface area (Å²) >= 11 is 0. The number of piperidine rings is 1. The van der Waals surface area contributed by atoms with Crippen molar-refractivity contribution >= 4 is 12.0 Å². The van der Waals surface area contributed by atoms with E-state index in [1.807, 2.05) is 0 Å². The molecule has 0 aromatic heterocycles. The van der Waals surface area contributed by atoms with Crippen LogP contribution in [0, 0.1) is 11.8 Å². The van der Waals surface area contributed by atoms with Gasteiger partial charge in [0, 0.05) is 19.1 Å². The molecule has 20 heavy (non-hydrogen) atoms. The van der Waals surface area contributed by atoms with Crippen molar-refractivity contribution < 1.29 is 14.7 Å². The van der Waals surface area contributed by atoms with E-state index in [9.17, 15) is 9.59 Å². The zero-order chi connectivity index (χ0) is 14.5. The van der Waals surface area contributed by atoms with Crippen LogP contribution in [-0.4, -0.2) is 41.1 Å². The van der Waals surface area contributed by atoms with E-state index in [1.165, 1.54) is 19.3 Å². The van der Waals surface area contributed by atoms with Gasteiger partial charge in [-0.1, -0.05) is 26.2 Å². The molecule has 1 aliphatic carbocycles. The van der Waals surface area contributed by atoms with Crippen molar-refractivity contribution in [2.24, 2.45) is 11.8 Å². The fourth-order valence-electron chi connectivity index (χ4n) is 3.42. The Morgan fingerprint density at radius 2 is 2.05 bits per heavy atom. The highest BCUT2D eigenvalue weighted by atomic mass is 16.4. The molecule has 0 bridgehead atoms. The van der Waals surface area contributed by atoms with E-state index >= 15 is 0 Å². The fraction of sp³-hybridized carbons (Fsp3) is 0.867. The fourth-order valence-corrected chi connectivity index (χ4v) is 3.42. The Labute approximate surface area is 120 Å². The van der Waals surface area contributed by atoms with Gasteiger partial charge in [0.05, 0.1) is 5.92 Å². The number of amides is 2. The largest absolute Gasteiger partial charge is 0.481 e. The molecule has 2 unspecified atom stereocenters. The number of carbonyl (C=O) groups excluding carboxylic acids is 1. The third-order valence-electron chi connectivity index (χ3n) is 4.75. The molecule has 2 aliphatic rings. The van der Waals surface area contributed by atoms with Gasteiger partial charge < -0.3 is 15.3 Å². The summed E-state index contributed by atoms with van der Waals surface area (Å²) in [4.78, 5) is 25.0. The first-order chi connectivity index (χ1) is 9.60. The Balaban J connectivity index is 1.83. The molecule has 1 saturated heterocycles. The summed E-state index contributed by atoms with van der Waals surface area (Å²) < 4.78 is 0. The number of hydrogen-bond donors (Lipinski definition) is 2. The van der Waals surface area contributed by atoms with E-state index in [2.05, 4.69) is 12.2 Å². The lowest BCUT2D eigenvalue weighted by Crippen LogP contribution is -2.50. The van der Waals surface area contributed by atoms with Crippen LogP contribution in [-0.2, 0) is 4.79 Å². The van der Waals surface area contributed by atoms with Crippen LogP contribution in [0.1, 0.15) is 51.9 Å². The lowest BCUT2D eigenvalue weighted by atomic mass is 9.84. The topological polar surface area (TPSA) is 69.6 Å². The highest BCUT2D eigenvalue weighted by Crippen LogP contribution is 2.27. The van der Waals surface area contributed by atoms with Gasteiger partial charge in [-0.3, -0.25) is 4.79 Å². The second-order valence-electron chi connectivity index (χ2n) is 6.21. The van der Waals surface area contributed by atoms with Gasteiger partial charge in [-0.15, -0.1) is 0 Å². The summed E-state index contributed by atoms with van der Waals surface area (Å²) in [6, 6.07) is 0.198. The first-order valence-corrected chi connectivity index (χ1v) is 7.88. The molecule has 2 N–H and O–H groups in total. The van der Waals surface area contributed by atoms with Crippen LogP contribution >= 0.6 is 0 Å². The van der Waals surface area contributed by atoms with Crippen molar-refractivity contribution in [3.8, 4) is 0 Å². The molecule has 2 rings (SSSR count). The highest BCUT2D eigenvalue weighted by molar-refractivity contribution is 5.76. The van der Waals surface area contributed by atoms with Crippen LogP contribution in [0.4, 0.5) is 4.79 Å². The molecule has 114 valence electrons. The quantitative estimate of drug-likeness (QED) is 0.835. The number of likely N-dealkylation sites (tertiary alicyclic amines) is 1. The van der Waals surface area contributed by atoms with E-state index in [1.54, 1.807) is 4.90 Å². The zero-order valence-corrected chi connectivity index (χ0v) is 12.3. The summed E-state index contributed by atoms with van der Waals surface area (Å²) in [7, 11) is 0. The van der Waals surface area contributed by atoms with E-state index in [0.717, 1.165) is 25.2 Å². The average Bonchev–Trinajstić information content (AvgIpc) is 2.47. The summed E-state index contributed by atoms with van der Waals surface area (Å²) in [5.74, 6) is -0.461. The lowest BCUT2D eigenvalue weighted by Gasteiger charge is -2.34. The number of hydrogen-bond acceptors (Lipinski definition) is 2. The maximum absolute atomic E-state index is 12.3. The van der Waals surface area contributed by atoms with E-state index in [-0.39, 0.29) is 12.1 Å². The van der Waals surface area contributed by atoms with Crippen molar-refractivity contribution in [1.82, 2.24) is 10.2 Å². The molecule has 1 aliphatic heterocycles. The number of carboxylic acid groups (broad SMARTS) is 1. The number of aliphatic carboxylic acids is 1. The Hall–Kier alpha value is -1.26. The van der Waals surface area contributed by atoms with Crippen molar-refractivity contribution in [1.29, 1.82) is 0 Å². The summed E-state index contributed by atoms with van der Waals surface area (Å²) in [5, 5.41) is 12.2. The number of rotatable bonds is 3. The minimum Gasteiger partial charge on any atom is -0.481 e. The third kappa shape index (κ3) is 3.87. The maximum Gasteiger partial charge on any atom is 0.317 e. The Morgan fingerprint density at radius 1 is 1.25 bits per heavy atom. The van der Waals surface area contributed by atoms with Crippen molar-refractivity contribution in [3.63, 3.8) is 0 Å². The molecule has 1 saturated carbocycles. The van der Waals surface area contributed by atoms with Gasteiger partial charge in [0.25, 0.3) is 0 Å². The zero-order valence-electron chi connectivity index (χ0n) is 12.3. The summed E-state index contributed by atoms with van der Waals surface area (Å²) in [6.07, 6.45) is 7.22. The molecule has 3 atom stereocenters. The predicted octanol–water partition coefficient (Wildman–Crippen LogP) is 2.46. The Morgan fingerprint density at radius 3 is 2.75 bits per heavy atom. The van der Waals surface area contributed by atoms with Crippen molar-refractivity contribution in [3.05, 3.63) is 0 Å². The molecule has 2 amide bonds. The second-order valence-corrected chi connectivity index (χ2v) is 6.21. The molecule has 2 fully saturated rings. The van der Waals surface area contributed by atoms with Crippen LogP contribution in [0.3, 0.4) is 0 Å².